The Morgan fingerprint density at radius 1 is 1.50 bits per heavy atom. The van der Waals surface area contributed by atoms with Crippen LogP contribution in [-0.4, -0.2) is 52.0 Å². The molecule has 12 heteroatoms. The number of aryl methyl sites for hydroxylation is 1. The van der Waals surface area contributed by atoms with Crippen molar-refractivity contribution in [2.45, 2.75) is 30.6 Å². The number of halogens is 2. The van der Waals surface area contributed by atoms with Crippen molar-refractivity contribution in [3.05, 3.63) is 28.7 Å². The van der Waals surface area contributed by atoms with Gasteiger partial charge in [-0.1, -0.05) is 0 Å². The fraction of sp³-hybridized carbons (Fsp3) is 0.417. The van der Waals surface area contributed by atoms with Crippen LogP contribution in [0.1, 0.15) is 21.1 Å². The molecule has 0 unspecified atom stereocenters. The van der Waals surface area contributed by atoms with Gasteiger partial charge in [-0.05, 0) is 18.6 Å². The number of carboxylic acid groups (broad SMARTS) is 1. The van der Waals surface area contributed by atoms with Crippen molar-refractivity contribution in [3.63, 3.8) is 0 Å². The maximum atomic E-state index is 12.5. The van der Waals surface area contributed by atoms with Crippen molar-refractivity contribution >= 4 is 27.3 Å². The first-order chi connectivity index (χ1) is 11.1. The molecule has 0 aromatic carbocycles. The molecule has 0 aliphatic rings. The molecule has 0 radical (unpaired) electrons. The van der Waals surface area contributed by atoms with Crippen LogP contribution in [0.4, 0.5) is 8.78 Å². The number of aromatic nitrogens is 3. The lowest BCUT2D eigenvalue weighted by atomic mass is 10.3. The molecule has 0 atom stereocenters. The van der Waals surface area contributed by atoms with E-state index in [2.05, 4.69) is 10.1 Å². The molecule has 2 aromatic heterocycles. The highest BCUT2D eigenvalue weighted by molar-refractivity contribution is 7.91. The maximum absolute atomic E-state index is 12.5. The molecule has 1 N–H and O–H groups in total. The Hall–Kier alpha value is -1.92. The van der Waals surface area contributed by atoms with Crippen LogP contribution in [0.3, 0.4) is 0 Å². The van der Waals surface area contributed by atoms with Gasteiger partial charge in [-0.3, -0.25) is 0 Å². The van der Waals surface area contributed by atoms with Crippen LogP contribution in [0.25, 0.3) is 0 Å². The molecule has 2 rings (SSSR count). The first kappa shape index (κ1) is 18.4. The van der Waals surface area contributed by atoms with Crippen molar-refractivity contribution in [1.82, 2.24) is 19.1 Å². The Kier molecular flexibility index (Phi) is 5.30. The van der Waals surface area contributed by atoms with Crippen LogP contribution in [0, 0.1) is 6.92 Å². The molecular formula is C12H14F2N4O4S2. The number of rotatable bonds is 7. The van der Waals surface area contributed by atoms with Crippen molar-refractivity contribution in [2.75, 3.05) is 7.05 Å². The van der Waals surface area contributed by atoms with Gasteiger partial charge >= 0.3 is 5.97 Å². The number of nitrogens with zero attached hydrogens (tertiary/aromatic N) is 4. The summed E-state index contributed by atoms with van der Waals surface area (Å²) in [4.78, 5) is 14.8. The first-order valence-corrected chi connectivity index (χ1v) is 8.83. The molecule has 0 amide bonds. The monoisotopic (exact) mass is 380 g/mol. The Bertz CT molecular complexity index is 847. The predicted octanol–water partition coefficient (Wildman–Crippen LogP) is 1.43. The smallest absolute Gasteiger partial charge is 0.346 e. The zero-order valence-electron chi connectivity index (χ0n) is 12.7. The van der Waals surface area contributed by atoms with Gasteiger partial charge in [-0.25, -0.2) is 31.7 Å². The van der Waals surface area contributed by atoms with Gasteiger partial charge in [-0.15, -0.1) is 11.3 Å². The summed E-state index contributed by atoms with van der Waals surface area (Å²) < 4.78 is 51.7. The Labute approximate surface area is 140 Å². The second kappa shape index (κ2) is 6.91. The van der Waals surface area contributed by atoms with Crippen molar-refractivity contribution < 1.29 is 27.1 Å². The Balaban J connectivity index is 2.25. The number of hydrogen-bond acceptors (Lipinski definition) is 6. The lowest BCUT2D eigenvalue weighted by Crippen LogP contribution is -2.28. The van der Waals surface area contributed by atoms with E-state index in [1.165, 1.54) is 20.0 Å². The summed E-state index contributed by atoms with van der Waals surface area (Å²) >= 11 is 0.638. The van der Waals surface area contributed by atoms with Gasteiger partial charge in [0.25, 0.3) is 16.4 Å². The van der Waals surface area contributed by atoms with Gasteiger partial charge in [0.05, 0.1) is 6.54 Å². The van der Waals surface area contributed by atoms with Crippen LogP contribution >= 0.6 is 11.3 Å². The number of carboxylic acids is 1. The van der Waals surface area contributed by atoms with E-state index in [1.54, 1.807) is 0 Å². The molecule has 0 bridgehead atoms. The molecule has 132 valence electrons. The van der Waals surface area contributed by atoms with E-state index in [4.69, 9.17) is 5.11 Å². The number of sulfonamides is 1. The van der Waals surface area contributed by atoms with Crippen LogP contribution in [0.15, 0.2) is 16.6 Å². The second-order valence-corrected chi connectivity index (χ2v) is 8.22. The Morgan fingerprint density at radius 3 is 2.71 bits per heavy atom. The topological polar surface area (TPSA) is 105 Å². The van der Waals surface area contributed by atoms with Gasteiger partial charge in [-0.2, -0.15) is 9.40 Å². The average molecular weight is 380 g/mol. The Morgan fingerprint density at radius 2 is 2.17 bits per heavy atom. The summed E-state index contributed by atoms with van der Waals surface area (Å²) in [5, 5.41) is 12.7. The highest BCUT2D eigenvalue weighted by Gasteiger charge is 2.27. The second-order valence-electron chi connectivity index (χ2n) is 4.89. The molecule has 0 saturated heterocycles. The fourth-order valence-electron chi connectivity index (χ4n) is 1.92. The number of thiophene rings is 1. The highest BCUT2D eigenvalue weighted by atomic mass is 32.2. The van der Waals surface area contributed by atoms with Crippen LogP contribution in [0.2, 0.25) is 0 Å². The van der Waals surface area contributed by atoms with Crippen LogP contribution < -0.4 is 0 Å². The van der Waals surface area contributed by atoms with E-state index in [-0.39, 0.29) is 21.5 Å². The van der Waals surface area contributed by atoms with Gasteiger partial charge < -0.3 is 5.11 Å². The third-order valence-corrected chi connectivity index (χ3v) is 6.60. The van der Waals surface area contributed by atoms with Gasteiger partial charge in [0.2, 0.25) is 0 Å². The summed E-state index contributed by atoms with van der Waals surface area (Å²) in [6.07, 6.45) is -1.58. The quantitative estimate of drug-likeness (QED) is 0.779. The molecule has 2 heterocycles. The van der Waals surface area contributed by atoms with Gasteiger partial charge in [0.15, 0.2) is 0 Å². The molecule has 0 aliphatic carbocycles. The molecule has 0 aliphatic heterocycles. The van der Waals surface area contributed by atoms with Gasteiger partial charge in [0, 0.05) is 7.05 Å². The van der Waals surface area contributed by atoms with Crippen molar-refractivity contribution in [3.8, 4) is 0 Å². The van der Waals surface area contributed by atoms with E-state index in [9.17, 15) is 22.0 Å². The lowest BCUT2D eigenvalue weighted by molar-refractivity contribution is 0.0701. The maximum Gasteiger partial charge on any atom is 0.346 e. The van der Waals surface area contributed by atoms with Crippen LogP contribution in [-0.2, 0) is 23.1 Å². The predicted molar refractivity (Wildman–Crippen MR) is 80.7 cm³/mol. The first-order valence-electron chi connectivity index (χ1n) is 6.57. The van der Waals surface area contributed by atoms with E-state index < -0.39 is 29.0 Å². The minimum atomic E-state index is -3.98. The van der Waals surface area contributed by atoms with E-state index >= 15 is 0 Å². The molecule has 0 spiro atoms. The third kappa shape index (κ3) is 3.76. The third-order valence-electron chi connectivity index (χ3n) is 3.12. The lowest BCUT2D eigenvalue weighted by Gasteiger charge is -2.16. The van der Waals surface area contributed by atoms with Crippen LogP contribution in [0.5, 0.6) is 0 Å². The molecule has 8 nitrogen and oxygen atoms in total. The molecular weight excluding hydrogens is 366 g/mol. The number of hydrogen-bond donors (Lipinski definition) is 1. The number of alkyl halides is 2. The SMILES string of the molecule is Cc1cc(S(=O)(=O)N(C)Cc2ncnn2CC(F)F)sc1C(=O)O. The summed E-state index contributed by atoms with van der Waals surface area (Å²) in [5.41, 5.74) is 0.334. The van der Waals surface area contributed by atoms with Crippen molar-refractivity contribution in [1.29, 1.82) is 0 Å². The normalized spacial score (nSPS) is 12.2. The van der Waals surface area contributed by atoms with E-state index in [0.29, 0.717) is 16.9 Å². The summed E-state index contributed by atoms with van der Waals surface area (Å²) in [6, 6.07) is 1.27. The zero-order chi connectivity index (χ0) is 18.1. The molecule has 24 heavy (non-hydrogen) atoms. The highest BCUT2D eigenvalue weighted by Crippen LogP contribution is 2.28. The zero-order valence-corrected chi connectivity index (χ0v) is 14.3. The van der Waals surface area contributed by atoms with E-state index in [1.807, 2.05) is 0 Å². The van der Waals surface area contributed by atoms with Gasteiger partial charge in [0.1, 0.15) is 27.8 Å². The average Bonchev–Trinajstić information content (AvgIpc) is 3.05. The molecule has 0 saturated carbocycles. The molecule has 2 aromatic rings. The minimum absolute atomic E-state index is 0.0631. The fourth-order valence-corrected chi connectivity index (χ4v) is 4.64. The number of aromatic carboxylic acids is 1. The molecule has 0 fully saturated rings. The summed E-state index contributed by atoms with van der Waals surface area (Å²) in [5.74, 6) is -1.15. The summed E-state index contributed by atoms with van der Waals surface area (Å²) in [6.45, 7) is 0.539. The van der Waals surface area contributed by atoms with E-state index in [0.717, 1.165) is 15.3 Å². The van der Waals surface area contributed by atoms with Crippen molar-refractivity contribution in [2.24, 2.45) is 0 Å². The number of carbonyl (C=O) groups is 1. The summed E-state index contributed by atoms with van der Waals surface area (Å²) in [7, 11) is -2.72. The standard InChI is InChI=1S/C12H14F2N4O4S2/c1-7-3-10(23-11(7)12(19)20)24(21,22)17(2)5-9-15-6-16-18(9)4-8(13)14/h3,6,8H,4-5H2,1-2H3,(H,19,20). The largest absolute Gasteiger partial charge is 0.477 e. The minimum Gasteiger partial charge on any atom is -0.477 e.